The van der Waals surface area contributed by atoms with Gasteiger partial charge in [0.1, 0.15) is 11.3 Å². The lowest BCUT2D eigenvalue weighted by Gasteiger charge is -2.06. The van der Waals surface area contributed by atoms with E-state index in [4.69, 9.17) is 17.0 Å². The Labute approximate surface area is 75.6 Å². The van der Waals surface area contributed by atoms with Crippen LogP contribution < -0.4 is 11.5 Å². The Morgan fingerprint density at radius 3 is 2.85 bits per heavy atom. The normalized spacial score (nSPS) is 11.5. The Morgan fingerprint density at radius 2 is 2.31 bits per heavy atom. The van der Waals surface area contributed by atoms with Gasteiger partial charge in [-0.3, -0.25) is 0 Å². The number of carbonyl (C=O) groups is 1. The van der Waals surface area contributed by atoms with Gasteiger partial charge in [0.05, 0.1) is 0 Å². The summed E-state index contributed by atoms with van der Waals surface area (Å²) in [5.41, 5.74) is 18.5. The quantitative estimate of drug-likeness (QED) is 0.202. The van der Waals surface area contributed by atoms with Crippen LogP contribution in [0.2, 0.25) is 0 Å². The smallest absolute Gasteiger partial charge is 0.334 e. The topological polar surface area (TPSA) is 127 Å². The third kappa shape index (κ3) is 5.92. The van der Waals surface area contributed by atoms with Crippen LogP contribution >= 0.6 is 0 Å². The molecule has 4 N–H and O–H groups in total. The van der Waals surface area contributed by atoms with E-state index in [0.717, 1.165) is 12.8 Å². The third-order valence-corrected chi connectivity index (χ3v) is 1.44. The molecule has 0 aliphatic rings. The van der Waals surface area contributed by atoms with Crippen LogP contribution in [-0.2, 0) is 9.63 Å². The molecule has 7 nitrogen and oxygen atoms in total. The summed E-state index contributed by atoms with van der Waals surface area (Å²) in [5, 5.41) is 2.65. The van der Waals surface area contributed by atoms with Gasteiger partial charge < -0.3 is 16.3 Å². The lowest BCUT2D eigenvalue weighted by atomic mass is 10.1. The molecule has 0 spiro atoms. The summed E-state index contributed by atoms with van der Waals surface area (Å²) in [5.74, 6) is -0.713. The SMILES string of the molecule is [N-]=[N+]=NOC(=O)C(N)CCCCN. The number of hydrogen-bond donors (Lipinski definition) is 2. The molecule has 0 aromatic rings. The Balaban J connectivity index is 3.62. The fourth-order valence-electron chi connectivity index (χ4n) is 0.753. The fraction of sp³-hybridized carbons (Fsp3) is 0.833. The zero-order valence-electron chi connectivity index (χ0n) is 7.22. The predicted octanol–water partition coefficient (Wildman–Crippen LogP) is 0.211. The van der Waals surface area contributed by atoms with Crippen LogP contribution in [0, 0.1) is 0 Å². The zero-order valence-corrected chi connectivity index (χ0v) is 7.22. The third-order valence-electron chi connectivity index (χ3n) is 1.44. The maximum Gasteiger partial charge on any atom is 0.334 e. The van der Waals surface area contributed by atoms with Gasteiger partial charge in [-0.1, -0.05) is 6.42 Å². The molecule has 0 heterocycles. The van der Waals surface area contributed by atoms with Gasteiger partial charge in [-0.2, -0.15) is 0 Å². The monoisotopic (exact) mass is 187 g/mol. The second kappa shape index (κ2) is 7.35. The molecule has 1 unspecified atom stereocenters. The van der Waals surface area contributed by atoms with Gasteiger partial charge in [0.25, 0.3) is 0 Å². The molecular weight excluding hydrogens is 174 g/mol. The molecule has 0 fully saturated rings. The minimum atomic E-state index is -0.739. The van der Waals surface area contributed by atoms with Crippen molar-refractivity contribution in [2.75, 3.05) is 6.54 Å². The van der Waals surface area contributed by atoms with E-state index in [0.29, 0.717) is 13.0 Å². The number of carbonyl (C=O) groups excluding carboxylic acids is 1. The molecule has 74 valence electrons. The summed E-state index contributed by atoms with van der Waals surface area (Å²) in [6, 6.07) is -0.739. The van der Waals surface area contributed by atoms with E-state index in [-0.39, 0.29) is 0 Å². The average Bonchev–Trinajstić information content (AvgIpc) is 2.14. The van der Waals surface area contributed by atoms with E-state index in [9.17, 15) is 4.79 Å². The Hall–Kier alpha value is -1.30. The number of unbranched alkanes of at least 4 members (excludes halogenated alkanes) is 1. The van der Waals surface area contributed by atoms with Crippen molar-refractivity contribution in [2.24, 2.45) is 16.7 Å². The van der Waals surface area contributed by atoms with Gasteiger partial charge >= 0.3 is 5.97 Å². The van der Waals surface area contributed by atoms with Crippen LogP contribution in [0.15, 0.2) is 5.28 Å². The molecule has 0 aromatic heterocycles. The van der Waals surface area contributed by atoms with Gasteiger partial charge in [0.2, 0.25) is 0 Å². The molecule has 0 saturated carbocycles. The summed E-state index contributed by atoms with van der Waals surface area (Å²) >= 11 is 0. The van der Waals surface area contributed by atoms with Crippen LogP contribution in [0.25, 0.3) is 10.4 Å². The van der Waals surface area contributed by atoms with Gasteiger partial charge in [-0.05, 0) is 24.9 Å². The average molecular weight is 187 g/mol. The first kappa shape index (κ1) is 11.7. The van der Waals surface area contributed by atoms with Gasteiger partial charge in [0.15, 0.2) is 0 Å². The first-order chi connectivity index (χ1) is 6.22. The van der Waals surface area contributed by atoms with Crippen LogP contribution in [0.1, 0.15) is 19.3 Å². The summed E-state index contributed by atoms with van der Waals surface area (Å²) in [6.07, 6.45) is 2.04. The van der Waals surface area contributed by atoms with Gasteiger partial charge in [-0.25, -0.2) is 4.79 Å². The minimum Gasteiger partial charge on any atom is -0.357 e. The highest BCUT2D eigenvalue weighted by Crippen LogP contribution is 1.99. The maximum atomic E-state index is 10.9. The predicted molar refractivity (Wildman–Crippen MR) is 46.1 cm³/mol. The Kier molecular flexibility index (Phi) is 6.62. The van der Waals surface area contributed by atoms with Crippen LogP contribution in [0.5, 0.6) is 0 Å². The molecule has 0 aromatic carbocycles. The highest BCUT2D eigenvalue weighted by Gasteiger charge is 2.13. The number of hydrogen-bond acceptors (Lipinski definition) is 5. The number of rotatable bonds is 6. The molecule has 7 heteroatoms. The molecule has 0 rings (SSSR count). The van der Waals surface area contributed by atoms with E-state index in [2.05, 4.69) is 15.0 Å². The van der Waals surface area contributed by atoms with Crippen molar-refractivity contribution in [3.05, 3.63) is 10.4 Å². The lowest BCUT2D eigenvalue weighted by molar-refractivity contribution is -0.145. The van der Waals surface area contributed by atoms with Crippen molar-refractivity contribution in [1.82, 2.24) is 0 Å². The second-order valence-corrected chi connectivity index (χ2v) is 2.47. The lowest BCUT2D eigenvalue weighted by Crippen LogP contribution is -2.31. The summed E-state index contributed by atoms with van der Waals surface area (Å²) in [6.45, 7) is 0.568. The number of nitrogens with two attached hydrogens (primary N) is 2. The van der Waals surface area contributed by atoms with E-state index in [1.807, 2.05) is 0 Å². The second-order valence-electron chi connectivity index (χ2n) is 2.47. The molecule has 0 radical (unpaired) electrons. The van der Waals surface area contributed by atoms with Crippen LogP contribution in [0.3, 0.4) is 0 Å². The van der Waals surface area contributed by atoms with Gasteiger partial charge in [0, 0.05) is 4.91 Å². The fourth-order valence-corrected chi connectivity index (χ4v) is 0.753. The van der Waals surface area contributed by atoms with Crippen molar-refractivity contribution in [3.8, 4) is 0 Å². The summed E-state index contributed by atoms with van der Waals surface area (Å²) < 4.78 is 0. The first-order valence-electron chi connectivity index (χ1n) is 3.93. The Bertz CT molecular complexity index is 201. The number of nitrogens with zero attached hydrogens (tertiary/aromatic N) is 3. The van der Waals surface area contributed by atoms with Gasteiger partial charge in [-0.15, -0.1) is 0 Å². The van der Waals surface area contributed by atoms with Crippen molar-refractivity contribution >= 4 is 5.97 Å². The van der Waals surface area contributed by atoms with E-state index in [1.165, 1.54) is 0 Å². The first-order valence-corrected chi connectivity index (χ1v) is 3.93. The number of azide groups is 1. The van der Waals surface area contributed by atoms with Crippen molar-refractivity contribution < 1.29 is 9.63 Å². The summed E-state index contributed by atoms with van der Waals surface area (Å²) in [4.78, 5) is 17.2. The highest BCUT2D eigenvalue weighted by atomic mass is 16.7. The Morgan fingerprint density at radius 1 is 1.62 bits per heavy atom. The summed E-state index contributed by atoms with van der Waals surface area (Å²) in [7, 11) is 0. The molecule has 1 atom stereocenters. The molecule has 0 amide bonds. The minimum absolute atomic E-state index is 0.483. The zero-order chi connectivity index (χ0) is 10.1. The van der Waals surface area contributed by atoms with Crippen LogP contribution in [0.4, 0.5) is 0 Å². The molecule has 0 bridgehead atoms. The van der Waals surface area contributed by atoms with Crippen LogP contribution in [-0.4, -0.2) is 18.6 Å². The molecule has 0 aliphatic heterocycles. The molecule has 0 saturated heterocycles. The van der Waals surface area contributed by atoms with Crippen molar-refractivity contribution in [1.29, 1.82) is 0 Å². The maximum absolute atomic E-state index is 10.9. The molecule has 0 aliphatic carbocycles. The van der Waals surface area contributed by atoms with Crippen molar-refractivity contribution in [2.45, 2.75) is 25.3 Å². The highest BCUT2D eigenvalue weighted by molar-refractivity contribution is 5.75. The van der Waals surface area contributed by atoms with E-state index < -0.39 is 12.0 Å². The molecule has 13 heavy (non-hydrogen) atoms. The van der Waals surface area contributed by atoms with Crippen molar-refractivity contribution in [3.63, 3.8) is 0 Å². The van der Waals surface area contributed by atoms with E-state index in [1.54, 1.807) is 0 Å². The largest absolute Gasteiger partial charge is 0.357 e. The standard InChI is InChI=1S/C6H13N5O2/c7-4-2-1-3-5(8)6(12)13-11-10-9/h5H,1-4,7-8H2. The van der Waals surface area contributed by atoms with E-state index >= 15 is 0 Å². The molecular formula is C6H13N5O2.